The third-order valence-electron chi connectivity index (χ3n) is 4.49. The Balaban J connectivity index is 1.82. The fourth-order valence-corrected chi connectivity index (χ4v) is 3.02. The first-order chi connectivity index (χ1) is 13.0. The minimum atomic E-state index is 0.416. The zero-order valence-corrected chi connectivity index (χ0v) is 16.4. The molecule has 2 N–H and O–H groups in total. The normalized spacial score (nSPS) is 11.0. The average Bonchev–Trinajstić information content (AvgIpc) is 2.67. The molecule has 2 aromatic heterocycles. The number of rotatable bonds is 7. The van der Waals surface area contributed by atoms with Crippen LogP contribution in [0, 0.1) is 0 Å². The van der Waals surface area contributed by atoms with Crippen LogP contribution in [-0.4, -0.2) is 15.0 Å². The lowest BCUT2D eigenvalue weighted by molar-refractivity contribution is 0.837. The van der Waals surface area contributed by atoms with Crippen molar-refractivity contribution in [2.45, 2.75) is 46.1 Å². The second kappa shape index (κ2) is 8.62. The van der Waals surface area contributed by atoms with Crippen molar-refractivity contribution in [3.63, 3.8) is 0 Å². The second-order valence-electron chi connectivity index (χ2n) is 7.22. The minimum Gasteiger partial charge on any atom is -0.366 e. The highest BCUT2D eigenvalue weighted by molar-refractivity contribution is 5.65. The van der Waals surface area contributed by atoms with Crippen molar-refractivity contribution >= 4 is 17.5 Å². The number of aromatic nitrogens is 3. The van der Waals surface area contributed by atoms with Gasteiger partial charge in [0, 0.05) is 30.8 Å². The third kappa shape index (κ3) is 4.82. The molecule has 0 atom stereocenters. The number of benzene rings is 1. The Morgan fingerprint density at radius 3 is 2.15 bits per heavy atom. The van der Waals surface area contributed by atoms with Crippen molar-refractivity contribution in [2.75, 3.05) is 10.6 Å². The minimum absolute atomic E-state index is 0.416. The van der Waals surface area contributed by atoms with E-state index in [0.717, 1.165) is 17.1 Å². The fraction of sp³-hybridized carbons (Fsp3) is 0.318. The van der Waals surface area contributed by atoms with E-state index in [1.165, 1.54) is 11.1 Å². The summed E-state index contributed by atoms with van der Waals surface area (Å²) in [5, 5.41) is 6.81. The van der Waals surface area contributed by atoms with Gasteiger partial charge in [-0.05, 0) is 46.7 Å². The van der Waals surface area contributed by atoms with Gasteiger partial charge in [0.2, 0.25) is 5.95 Å². The number of anilines is 3. The standard InChI is InChI=1S/C22H27N5/c1-15(2)18-6-5-7-19(16(3)4)21(18)27-22-24-13-10-20(26-22)25-14-17-8-11-23-12-9-17/h5-13,15-16H,14H2,1-4H3,(H2,24,25,26,27). The molecule has 5 heteroatoms. The van der Waals surface area contributed by atoms with Crippen LogP contribution in [0.2, 0.25) is 0 Å². The Kier molecular flexibility index (Phi) is 6.01. The molecule has 0 amide bonds. The van der Waals surface area contributed by atoms with Crippen LogP contribution in [0.1, 0.15) is 56.2 Å². The molecule has 2 heterocycles. The maximum absolute atomic E-state index is 4.64. The zero-order valence-electron chi connectivity index (χ0n) is 16.4. The quantitative estimate of drug-likeness (QED) is 0.584. The first-order valence-corrected chi connectivity index (χ1v) is 9.40. The zero-order chi connectivity index (χ0) is 19.2. The molecule has 0 aliphatic heterocycles. The van der Waals surface area contributed by atoms with Gasteiger partial charge in [0.25, 0.3) is 0 Å². The molecular weight excluding hydrogens is 334 g/mol. The molecule has 3 aromatic rings. The van der Waals surface area contributed by atoms with Gasteiger partial charge in [0.05, 0.1) is 0 Å². The van der Waals surface area contributed by atoms with Gasteiger partial charge < -0.3 is 10.6 Å². The van der Waals surface area contributed by atoms with Gasteiger partial charge >= 0.3 is 0 Å². The lowest BCUT2D eigenvalue weighted by Gasteiger charge is -2.20. The molecule has 0 unspecified atom stereocenters. The van der Waals surface area contributed by atoms with E-state index in [2.05, 4.69) is 71.5 Å². The van der Waals surface area contributed by atoms with Gasteiger partial charge in [-0.25, -0.2) is 4.98 Å². The van der Waals surface area contributed by atoms with E-state index >= 15 is 0 Å². The van der Waals surface area contributed by atoms with Gasteiger partial charge in [-0.1, -0.05) is 45.9 Å². The van der Waals surface area contributed by atoms with E-state index in [4.69, 9.17) is 0 Å². The summed E-state index contributed by atoms with van der Waals surface area (Å²) in [5.74, 6) is 2.22. The van der Waals surface area contributed by atoms with Crippen LogP contribution in [0.25, 0.3) is 0 Å². The molecular formula is C22H27N5. The molecule has 140 valence electrons. The summed E-state index contributed by atoms with van der Waals surface area (Å²) in [6.45, 7) is 9.52. The highest BCUT2D eigenvalue weighted by atomic mass is 15.1. The maximum atomic E-state index is 4.64. The molecule has 3 rings (SSSR count). The Bertz CT molecular complexity index is 849. The molecule has 0 fully saturated rings. The molecule has 0 aliphatic rings. The summed E-state index contributed by atoms with van der Waals surface area (Å²) in [5.41, 5.74) is 4.83. The molecule has 5 nitrogen and oxygen atoms in total. The van der Waals surface area contributed by atoms with Crippen LogP contribution >= 0.6 is 0 Å². The van der Waals surface area contributed by atoms with Gasteiger partial charge in [0.15, 0.2) is 0 Å². The Morgan fingerprint density at radius 2 is 1.52 bits per heavy atom. The van der Waals surface area contributed by atoms with Crippen molar-refractivity contribution in [1.82, 2.24) is 15.0 Å². The molecule has 27 heavy (non-hydrogen) atoms. The number of hydrogen-bond donors (Lipinski definition) is 2. The summed E-state index contributed by atoms with van der Waals surface area (Å²) in [7, 11) is 0. The van der Waals surface area contributed by atoms with E-state index in [1.54, 1.807) is 18.6 Å². The van der Waals surface area contributed by atoms with E-state index in [9.17, 15) is 0 Å². The fourth-order valence-electron chi connectivity index (χ4n) is 3.02. The number of para-hydroxylation sites is 1. The number of nitrogens with one attached hydrogen (secondary N) is 2. The summed E-state index contributed by atoms with van der Waals surface area (Å²) < 4.78 is 0. The summed E-state index contributed by atoms with van der Waals surface area (Å²) in [6.07, 6.45) is 5.36. The van der Waals surface area contributed by atoms with Crippen molar-refractivity contribution in [3.05, 3.63) is 71.7 Å². The van der Waals surface area contributed by atoms with Gasteiger partial charge in [-0.15, -0.1) is 0 Å². The Labute approximate surface area is 161 Å². The monoisotopic (exact) mass is 361 g/mol. The SMILES string of the molecule is CC(C)c1cccc(C(C)C)c1Nc1nccc(NCc2ccncc2)n1. The summed E-state index contributed by atoms with van der Waals surface area (Å²) >= 11 is 0. The largest absolute Gasteiger partial charge is 0.366 e. The lowest BCUT2D eigenvalue weighted by Crippen LogP contribution is -2.07. The molecule has 0 spiro atoms. The van der Waals surface area contributed by atoms with E-state index < -0.39 is 0 Å². The second-order valence-corrected chi connectivity index (χ2v) is 7.22. The Hall–Kier alpha value is -2.95. The molecule has 0 saturated carbocycles. The molecule has 0 aliphatic carbocycles. The molecule has 0 saturated heterocycles. The van der Waals surface area contributed by atoms with Crippen LogP contribution in [-0.2, 0) is 6.54 Å². The van der Waals surface area contributed by atoms with Gasteiger partial charge in [-0.3, -0.25) is 4.98 Å². The van der Waals surface area contributed by atoms with Crippen molar-refractivity contribution < 1.29 is 0 Å². The topological polar surface area (TPSA) is 62.7 Å². The van der Waals surface area contributed by atoms with Crippen molar-refractivity contribution in [2.24, 2.45) is 0 Å². The predicted octanol–water partition coefficient (Wildman–Crippen LogP) is 5.47. The molecule has 1 aromatic carbocycles. The van der Waals surface area contributed by atoms with E-state index in [1.807, 2.05) is 18.2 Å². The Morgan fingerprint density at radius 1 is 0.852 bits per heavy atom. The maximum Gasteiger partial charge on any atom is 0.229 e. The average molecular weight is 361 g/mol. The molecule has 0 radical (unpaired) electrons. The smallest absolute Gasteiger partial charge is 0.229 e. The highest BCUT2D eigenvalue weighted by Gasteiger charge is 2.14. The van der Waals surface area contributed by atoms with Gasteiger partial charge in [-0.2, -0.15) is 4.98 Å². The predicted molar refractivity (Wildman–Crippen MR) is 111 cm³/mol. The van der Waals surface area contributed by atoms with Crippen LogP contribution < -0.4 is 10.6 Å². The number of nitrogens with zero attached hydrogens (tertiary/aromatic N) is 3. The number of hydrogen-bond acceptors (Lipinski definition) is 5. The van der Waals surface area contributed by atoms with Gasteiger partial charge in [0.1, 0.15) is 5.82 Å². The lowest BCUT2D eigenvalue weighted by atomic mass is 9.93. The molecule has 0 bridgehead atoms. The highest BCUT2D eigenvalue weighted by Crippen LogP contribution is 2.33. The van der Waals surface area contributed by atoms with Crippen LogP contribution in [0.5, 0.6) is 0 Å². The van der Waals surface area contributed by atoms with Crippen LogP contribution in [0.4, 0.5) is 17.5 Å². The van der Waals surface area contributed by atoms with Crippen LogP contribution in [0.15, 0.2) is 55.0 Å². The number of pyridine rings is 1. The van der Waals surface area contributed by atoms with Crippen molar-refractivity contribution in [3.8, 4) is 0 Å². The summed E-state index contributed by atoms with van der Waals surface area (Å²) in [4.78, 5) is 13.1. The van der Waals surface area contributed by atoms with Crippen LogP contribution in [0.3, 0.4) is 0 Å². The summed E-state index contributed by atoms with van der Waals surface area (Å²) in [6, 6.07) is 12.3. The first-order valence-electron chi connectivity index (χ1n) is 9.40. The van der Waals surface area contributed by atoms with E-state index in [0.29, 0.717) is 24.3 Å². The third-order valence-corrected chi connectivity index (χ3v) is 4.49. The first kappa shape index (κ1) is 18.8. The van der Waals surface area contributed by atoms with E-state index in [-0.39, 0.29) is 0 Å². The van der Waals surface area contributed by atoms with Crippen molar-refractivity contribution in [1.29, 1.82) is 0 Å².